The summed E-state index contributed by atoms with van der Waals surface area (Å²) in [5.41, 5.74) is 10.1. The van der Waals surface area contributed by atoms with E-state index in [0.29, 0.717) is 12.1 Å². The number of hydrogen-bond acceptors (Lipinski definition) is 4. The summed E-state index contributed by atoms with van der Waals surface area (Å²) in [6.07, 6.45) is 2.48. The number of hydrogen-bond donors (Lipinski definition) is 3. The normalized spacial score (nSPS) is 10.4. The molecular formula is C20H19FN4O. The third-order valence-electron chi connectivity index (χ3n) is 4.07. The van der Waals surface area contributed by atoms with Crippen LogP contribution in [0.3, 0.4) is 0 Å². The zero-order chi connectivity index (χ0) is 18.5. The summed E-state index contributed by atoms with van der Waals surface area (Å²) in [7, 11) is 1.84. The van der Waals surface area contributed by atoms with E-state index in [1.54, 1.807) is 12.1 Å². The van der Waals surface area contributed by atoms with E-state index in [9.17, 15) is 9.18 Å². The Labute approximate surface area is 151 Å². The van der Waals surface area contributed by atoms with Gasteiger partial charge >= 0.3 is 0 Å². The molecule has 3 rings (SSSR count). The third-order valence-corrected chi connectivity index (χ3v) is 4.07. The number of nitrogens with one attached hydrogen (secondary N) is 2. The summed E-state index contributed by atoms with van der Waals surface area (Å²) >= 11 is 0. The largest absolute Gasteiger partial charge is 0.388 e. The van der Waals surface area contributed by atoms with Crippen molar-refractivity contribution in [1.82, 2.24) is 4.98 Å². The number of nitrogens with zero attached hydrogens (tertiary/aromatic N) is 1. The van der Waals surface area contributed by atoms with E-state index >= 15 is 0 Å². The molecule has 0 atom stereocenters. The van der Waals surface area contributed by atoms with Crippen molar-refractivity contribution in [3.05, 3.63) is 77.9 Å². The fourth-order valence-corrected chi connectivity index (χ4v) is 2.68. The Bertz CT molecular complexity index is 943. The van der Waals surface area contributed by atoms with Crippen LogP contribution >= 0.6 is 0 Å². The molecule has 0 radical (unpaired) electrons. The van der Waals surface area contributed by atoms with Crippen LogP contribution in [0.25, 0.3) is 11.1 Å². The highest BCUT2D eigenvalue weighted by atomic mass is 19.1. The van der Waals surface area contributed by atoms with Gasteiger partial charge in [0.2, 0.25) is 0 Å². The van der Waals surface area contributed by atoms with Gasteiger partial charge in [0, 0.05) is 31.0 Å². The Morgan fingerprint density at radius 3 is 2.77 bits per heavy atom. The molecule has 0 aliphatic carbocycles. The average molecular weight is 350 g/mol. The molecule has 0 saturated carbocycles. The van der Waals surface area contributed by atoms with Gasteiger partial charge in [-0.05, 0) is 47.0 Å². The second kappa shape index (κ2) is 7.76. The maximum Gasteiger partial charge on any atom is 0.255 e. The Morgan fingerprint density at radius 2 is 2.04 bits per heavy atom. The lowest BCUT2D eigenvalue weighted by Crippen LogP contribution is -2.14. The van der Waals surface area contributed by atoms with E-state index in [2.05, 4.69) is 15.6 Å². The van der Waals surface area contributed by atoms with E-state index in [4.69, 9.17) is 5.73 Å². The smallest absolute Gasteiger partial charge is 0.255 e. The van der Waals surface area contributed by atoms with Crippen molar-refractivity contribution >= 4 is 17.3 Å². The molecule has 26 heavy (non-hydrogen) atoms. The first-order valence-corrected chi connectivity index (χ1v) is 8.14. The van der Waals surface area contributed by atoms with Gasteiger partial charge in [-0.25, -0.2) is 4.39 Å². The zero-order valence-corrected chi connectivity index (χ0v) is 14.3. The lowest BCUT2D eigenvalue weighted by atomic mass is 9.96. The van der Waals surface area contributed by atoms with Crippen LogP contribution in [0.4, 0.5) is 15.8 Å². The molecule has 5 nitrogen and oxygen atoms in total. The third kappa shape index (κ3) is 3.70. The van der Waals surface area contributed by atoms with Gasteiger partial charge in [-0.15, -0.1) is 0 Å². The van der Waals surface area contributed by atoms with Crippen LogP contribution in [0.5, 0.6) is 0 Å². The van der Waals surface area contributed by atoms with Crippen molar-refractivity contribution in [3.8, 4) is 11.1 Å². The minimum atomic E-state index is -0.582. The fraction of sp³-hybridized carbons (Fsp3) is 0.100. The maximum absolute atomic E-state index is 13.7. The van der Waals surface area contributed by atoms with Crippen molar-refractivity contribution in [2.24, 2.45) is 5.73 Å². The summed E-state index contributed by atoms with van der Waals surface area (Å²) in [6.45, 7) is 0.347. The monoisotopic (exact) mass is 350 g/mol. The summed E-state index contributed by atoms with van der Waals surface area (Å²) in [6, 6.07) is 14.5. The Balaban J connectivity index is 1.96. The second-order valence-electron chi connectivity index (χ2n) is 5.72. The van der Waals surface area contributed by atoms with E-state index in [1.165, 1.54) is 12.3 Å². The van der Waals surface area contributed by atoms with Gasteiger partial charge in [-0.3, -0.25) is 9.78 Å². The molecule has 0 aliphatic rings. The lowest BCUT2D eigenvalue weighted by Gasteiger charge is -2.12. The van der Waals surface area contributed by atoms with Crippen molar-refractivity contribution in [3.63, 3.8) is 0 Å². The molecule has 1 heterocycles. The summed E-state index contributed by atoms with van der Waals surface area (Å²) in [5, 5.41) is 5.66. The maximum atomic E-state index is 13.7. The minimum Gasteiger partial charge on any atom is -0.388 e. The lowest BCUT2D eigenvalue weighted by molar-refractivity contribution is 0.102. The van der Waals surface area contributed by atoms with Crippen molar-refractivity contribution in [2.75, 3.05) is 17.7 Å². The first-order chi connectivity index (χ1) is 12.6. The van der Waals surface area contributed by atoms with Crippen LogP contribution in [-0.2, 0) is 6.54 Å². The summed E-state index contributed by atoms with van der Waals surface area (Å²) in [5.74, 6) is -0.980. The first-order valence-electron chi connectivity index (χ1n) is 8.14. The Kier molecular flexibility index (Phi) is 5.24. The predicted molar refractivity (Wildman–Crippen MR) is 101 cm³/mol. The number of aromatic nitrogens is 1. The fourth-order valence-electron chi connectivity index (χ4n) is 2.68. The van der Waals surface area contributed by atoms with E-state index < -0.39 is 11.7 Å². The molecule has 3 aromatic rings. The van der Waals surface area contributed by atoms with Gasteiger partial charge in [-0.2, -0.15) is 0 Å². The highest BCUT2D eigenvalue weighted by Crippen LogP contribution is 2.27. The number of halogens is 1. The molecule has 0 unspecified atom stereocenters. The second-order valence-corrected chi connectivity index (χ2v) is 5.72. The Hall–Kier alpha value is -3.25. The van der Waals surface area contributed by atoms with Crippen molar-refractivity contribution in [1.29, 1.82) is 0 Å². The topological polar surface area (TPSA) is 80.0 Å². The number of benzene rings is 2. The van der Waals surface area contributed by atoms with Crippen LogP contribution in [-0.4, -0.2) is 17.9 Å². The molecule has 0 spiro atoms. The number of pyridine rings is 1. The van der Waals surface area contributed by atoms with Gasteiger partial charge in [0.25, 0.3) is 5.91 Å². The predicted octanol–water partition coefficient (Wildman–Crippen LogP) is 3.64. The SMILES string of the molecule is CNc1cccc(-c2cc(C(=O)Nc3ccncc3F)ccc2CN)c1. The van der Waals surface area contributed by atoms with Crippen molar-refractivity contribution in [2.45, 2.75) is 6.54 Å². The number of carbonyl (C=O) groups excluding carboxylic acids is 1. The van der Waals surface area contributed by atoms with Crippen LogP contribution in [0.1, 0.15) is 15.9 Å². The van der Waals surface area contributed by atoms with Gasteiger partial charge in [0.05, 0.1) is 11.9 Å². The van der Waals surface area contributed by atoms with E-state index in [-0.39, 0.29) is 5.69 Å². The van der Waals surface area contributed by atoms with Gasteiger partial charge < -0.3 is 16.4 Å². The number of rotatable bonds is 5. The van der Waals surface area contributed by atoms with Crippen LogP contribution in [0.2, 0.25) is 0 Å². The molecule has 2 aromatic carbocycles. The van der Waals surface area contributed by atoms with Crippen LogP contribution in [0.15, 0.2) is 60.9 Å². The van der Waals surface area contributed by atoms with E-state index in [1.807, 2.05) is 37.4 Å². The van der Waals surface area contributed by atoms with Crippen LogP contribution < -0.4 is 16.4 Å². The first kappa shape index (κ1) is 17.6. The minimum absolute atomic E-state index is 0.0895. The molecule has 1 aromatic heterocycles. The molecule has 6 heteroatoms. The molecule has 0 bridgehead atoms. The van der Waals surface area contributed by atoms with Crippen molar-refractivity contribution < 1.29 is 9.18 Å². The standard InChI is InChI=1S/C20H19FN4O/c1-23-16-4-2-3-13(9-16)17-10-14(5-6-15(17)11-22)20(26)25-19-7-8-24-12-18(19)21/h2-10,12,23H,11,22H2,1H3,(H,24,25,26). The van der Waals surface area contributed by atoms with Gasteiger partial charge in [-0.1, -0.05) is 18.2 Å². The van der Waals surface area contributed by atoms with Crippen LogP contribution in [0, 0.1) is 5.82 Å². The van der Waals surface area contributed by atoms with Gasteiger partial charge in [0.15, 0.2) is 5.82 Å². The molecular weight excluding hydrogens is 331 g/mol. The zero-order valence-electron chi connectivity index (χ0n) is 14.3. The molecule has 132 valence electrons. The quantitative estimate of drug-likeness (QED) is 0.656. The van der Waals surface area contributed by atoms with Gasteiger partial charge in [0.1, 0.15) is 0 Å². The molecule has 0 aliphatic heterocycles. The van der Waals surface area contributed by atoms with E-state index in [0.717, 1.165) is 28.6 Å². The average Bonchev–Trinajstić information content (AvgIpc) is 2.69. The highest BCUT2D eigenvalue weighted by molar-refractivity contribution is 6.05. The highest BCUT2D eigenvalue weighted by Gasteiger charge is 2.13. The number of carbonyl (C=O) groups is 1. The number of anilines is 2. The molecule has 0 fully saturated rings. The molecule has 0 saturated heterocycles. The molecule has 1 amide bonds. The summed E-state index contributed by atoms with van der Waals surface area (Å²) < 4.78 is 13.7. The number of nitrogens with two attached hydrogens (primary N) is 1. The Morgan fingerprint density at radius 1 is 1.19 bits per heavy atom. The molecule has 4 N–H and O–H groups in total. The number of amides is 1. The summed E-state index contributed by atoms with van der Waals surface area (Å²) in [4.78, 5) is 16.2.